The van der Waals surface area contributed by atoms with Crippen molar-refractivity contribution in [3.05, 3.63) is 16.0 Å². The minimum atomic E-state index is -1.25. The number of anilines is 1. The number of nitrogens with one attached hydrogen (secondary N) is 1. The minimum Gasteiger partial charge on any atom is -0.550 e. The first-order chi connectivity index (χ1) is 10.7. The number of carboxylic acids is 1. The van der Waals surface area contributed by atoms with Crippen LogP contribution in [0.2, 0.25) is 0 Å². The molecule has 0 saturated heterocycles. The van der Waals surface area contributed by atoms with E-state index in [2.05, 4.69) is 32.2 Å². The molecule has 0 aliphatic heterocycles. The molecular formula is C17H21N2O3S-. The maximum Gasteiger partial charge on any atom is 0.225 e. The molecule has 1 N–H and O–H groups in total. The summed E-state index contributed by atoms with van der Waals surface area (Å²) in [4.78, 5) is 23.4. The van der Waals surface area contributed by atoms with Gasteiger partial charge in [-0.15, -0.1) is 11.3 Å². The van der Waals surface area contributed by atoms with Gasteiger partial charge in [-0.1, -0.05) is 20.8 Å². The first-order valence-corrected chi connectivity index (χ1v) is 8.58. The Morgan fingerprint density at radius 3 is 2.65 bits per heavy atom. The van der Waals surface area contributed by atoms with E-state index in [1.165, 1.54) is 16.2 Å². The first kappa shape index (κ1) is 17.5. The van der Waals surface area contributed by atoms with E-state index in [1.54, 1.807) is 0 Å². The summed E-state index contributed by atoms with van der Waals surface area (Å²) in [5, 5.41) is 23.1. The Balaban J connectivity index is 2.18. The van der Waals surface area contributed by atoms with Crippen LogP contribution in [0.25, 0.3) is 0 Å². The predicted molar refractivity (Wildman–Crippen MR) is 86.9 cm³/mol. The third kappa shape index (κ3) is 4.11. The number of carboxylic acid groups (broad SMARTS) is 1. The van der Waals surface area contributed by atoms with Gasteiger partial charge in [-0.3, -0.25) is 4.79 Å². The van der Waals surface area contributed by atoms with E-state index in [4.69, 9.17) is 0 Å². The van der Waals surface area contributed by atoms with E-state index in [9.17, 15) is 20.0 Å². The van der Waals surface area contributed by atoms with E-state index in [-0.39, 0.29) is 18.3 Å². The molecule has 124 valence electrons. The van der Waals surface area contributed by atoms with Gasteiger partial charge in [0.2, 0.25) is 5.91 Å². The molecule has 1 amide bonds. The van der Waals surface area contributed by atoms with Gasteiger partial charge in [0.1, 0.15) is 11.1 Å². The molecule has 1 aromatic heterocycles. The Hall–Kier alpha value is -1.87. The molecule has 5 nitrogen and oxygen atoms in total. The lowest BCUT2D eigenvalue weighted by Crippen LogP contribution is -2.26. The molecule has 1 aliphatic rings. The van der Waals surface area contributed by atoms with Crippen molar-refractivity contribution in [3.8, 4) is 6.07 Å². The Bertz CT molecular complexity index is 665. The fourth-order valence-corrected chi connectivity index (χ4v) is 4.23. The molecule has 2 rings (SSSR count). The second-order valence-electron chi connectivity index (χ2n) is 7.05. The molecular weight excluding hydrogens is 312 g/mol. The van der Waals surface area contributed by atoms with Crippen LogP contribution in [0, 0.1) is 22.7 Å². The number of rotatable bonds is 4. The molecule has 0 saturated carbocycles. The van der Waals surface area contributed by atoms with Crippen LogP contribution in [-0.2, 0) is 22.4 Å². The normalized spacial score (nSPS) is 17.2. The van der Waals surface area contributed by atoms with Gasteiger partial charge in [0, 0.05) is 17.3 Å². The van der Waals surface area contributed by atoms with Crippen molar-refractivity contribution < 1.29 is 14.7 Å². The van der Waals surface area contributed by atoms with E-state index in [1.807, 2.05) is 0 Å². The van der Waals surface area contributed by atoms with Crippen molar-refractivity contribution in [2.24, 2.45) is 11.3 Å². The molecule has 0 aromatic carbocycles. The van der Waals surface area contributed by atoms with Crippen LogP contribution in [0.4, 0.5) is 5.00 Å². The van der Waals surface area contributed by atoms with E-state index in [0.29, 0.717) is 16.5 Å². The summed E-state index contributed by atoms with van der Waals surface area (Å²) < 4.78 is 0. The standard InChI is InChI=1S/C17H22N2O3S/c1-17(2,3)10-4-5-11-12(9-18)16(23-13(11)8-10)19-14(20)6-7-15(21)22/h10H,4-8H2,1-3H3,(H,19,20)(H,21,22)/p-1/t10-/m1/s1. The summed E-state index contributed by atoms with van der Waals surface area (Å²) in [6, 6.07) is 2.19. The lowest BCUT2D eigenvalue weighted by Gasteiger charge is -2.33. The largest absolute Gasteiger partial charge is 0.550 e. The maximum atomic E-state index is 11.8. The topological polar surface area (TPSA) is 93.0 Å². The number of amides is 1. The number of hydrogen-bond acceptors (Lipinski definition) is 5. The zero-order valence-electron chi connectivity index (χ0n) is 13.7. The van der Waals surface area contributed by atoms with Crippen LogP contribution in [0.1, 0.15) is 56.0 Å². The van der Waals surface area contributed by atoms with Gasteiger partial charge in [0.15, 0.2) is 0 Å². The Morgan fingerprint density at radius 2 is 2.09 bits per heavy atom. The average molecular weight is 333 g/mol. The van der Waals surface area contributed by atoms with Crippen LogP contribution < -0.4 is 10.4 Å². The molecule has 0 radical (unpaired) electrons. The van der Waals surface area contributed by atoms with Crippen molar-refractivity contribution in [1.29, 1.82) is 5.26 Å². The molecule has 1 heterocycles. The van der Waals surface area contributed by atoms with Gasteiger partial charge < -0.3 is 15.2 Å². The number of carbonyl (C=O) groups is 2. The molecule has 0 unspecified atom stereocenters. The van der Waals surface area contributed by atoms with Gasteiger partial charge in [-0.25, -0.2) is 0 Å². The molecule has 1 aliphatic carbocycles. The average Bonchev–Trinajstić information content (AvgIpc) is 2.80. The molecule has 1 aromatic rings. The summed E-state index contributed by atoms with van der Waals surface area (Å²) >= 11 is 1.45. The highest BCUT2D eigenvalue weighted by Crippen LogP contribution is 2.43. The van der Waals surface area contributed by atoms with Crippen LogP contribution in [0.5, 0.6) is 0 Å². The zero-order valence-corrected chi connectivity index (χ0v) is 14.5. The second kappa shape index (κ2) is 6.71. The molecule has 1 atom stereocenters. The summed E-state index contributed by atoms with van der Waals surface area (Å²) in [7, 11) is 0. The highest BCUT2D eigenvalue weighted by molar-refractivity contribution is 7.16. The quantitative estimate of drug-likeness (QED) is 0.914. The number of fused-ring (bicyclic) bond motifs is 1. The number of aliphatic carboxylic acids is 1. The fraction of sp³-hybridized carbons (Fsp3) is 0.588. The summed E-state index contributed by atoms with van der Waals surface area (Å²) in [6.45, 7) is 6.68. The summed E-state index contributed by atoms with van der Waals surface area (Å²) in [5.41, 5.74) is 1.80. The highest BCUT2D eigenvalue weighted by atomic mass is 32.1. The number of nitriles is 1. The molecule has 0 spiro atoms. The Kier molecular flexibility index (Phi) is 5.10. The first-order valence-electron chi connectivity index (χ1n) is 7.76. The van der Waals surface area contributed by atoms with E-state index < -0.39 is 11.9 Å². The smallest absolute Gasteiger partial charge is 0.225 e. The van der Waals surface area contributed by atoms with E-state index >= 15 is 0 Å². The van der Waals surface area contributed by atoms with Crippen LogP contribution in [-0.4, -0.2) is 11.9 Å². The molecule has 0 fully saturated rings. The zero-order chi connectivity index (χ0) is 17.2. The van der Waals surface area contributed by atoms with Crippen molar-refractivity contribution in [2.75, 3.05) is 5.32 Å². The molecule has 0 bridgehead atoms. The third-order valence-electron chi connectivity index (χ3n) is 4.41. The molecule has 23 heavy (non-hydrogen) atoms. The number of nitrogens with zero attached hydrogens (tertiary/aromatic N) is 1. The van der Waals surface area contributed by atoms with Crippen molar-refractivity contribution in [1.82, 2.24) is 0 Å². The Labute approximate surface area is 140 Å². The fourth-order valence-electron chi connectivity index (χ4n) is 2.94. The third-order valence-corrected chi connectivity index (χ3v) is 5.58. The summed E-state index contributed by atoms with van der Waals surface area (Å²) in [5.74, 6) is -1.09. The molecule has 6 heteroatoms. The van der Waals surface area contributed by atoms with Crippen molar-refractivity contribution in [2.45, 2.75) is 52.9 Å². The Morgan fingerprint density at radius 1 is 1.39 bits per heavy atom. The van der Waals surface area contributed by atoms with Crippen molar-refractivity contribution in [3.63, 3.8) is 0 Å². The number of hydrogen-bond donors (Lipinski definition) is 1. The van der Waals surface area contributed by atoms with E-state index in [0.717, 1.165) is 24.8 Å². The van der Waals surface area contributed by atoms with Crippen LogP contribution in [0.3, 0.4) is 0 Å². The van der Waals surface area contributed by atoms with Gasteiger partial charge in [0.25, 0.3) is 0 Å². The second-order valence-corrected chi connectivity index (χ2v) is 8.15. The van der Waals surface area contributed by atoms with Crippen LogP contribution >= 0.6 is 11.3 Å². The van der Waals surface area contributed by atoms with Gasteiger partial charge in [-0.05, 0) is 42.6 Å². The van der Waals surface area contributed by atoms with Gasteiger partial charge >= 0.3 is 0 Å². The monoisotopic (exact) mass is 333 g/mol. The number of carbonyl (C=O) groups excluding carboxylic acids is 2. The lowest BCUT2D eigenvalue weighted by molar-refractivity contribution is -0.305. The lowest BCUT2D eigenvalue weighted by atomic mass is 9.72. The predicted octanol–water partition coefficient (Wildman–Crippen LogP) is 2.24. The van der Waals surface area contributed by atoms with Gasteiger partial charge in [-0.2, -0.15) is 5.26 Å². The van der Waals surface area contributed by atoms with Crippen molar-refractivity contribution >= 4 is 28.2 Å². The maximum absolute atomic E-state index is 11.8. The highest BCUT2D eigenvalue weighted by Gasteiger charge is 2.32. The SMILES string of the molecule is CC(C)(C)[C@@H]1CCc2c(sc(NC(=O)CCC(=O)[O-])c2C#N)C1. The van der Waals surface area contributed by atoms with Gasteiger partial charge in [0.05, 0.1) is 5.56 Å². The minimum absolute atomic E-state index is 0.139. The number of thiophene rings is 1. The van der Waals surface area contributed by atoms with Crippen LogP contribution in [0.15, 0.2) is 0 Å². The summed E-state index contributed by atoms with van der Waals surface area (Å²) in [6.07, 6.45) is 2.37.